The highest BCUT2D eigenvalue weighted by atomic mass is 28.3. The summed E-state index contributed by atoms with van der Waals surface area (Å²) < 4.78 is 1.67. The van der Waals surface area contributed by atoms with E-state index in [9.17, 15) is 9.59 Å². The van der Waals surface area contributed by atoms with Gasteiger partial charge in [0.2, 0.25) is 11.8 Å². The van der Waals surface area contributed by atoms with E-state index in [0.717, 1.165) is 22.9 Å². The minimum absolute atomic E-state index is 0.0813. The van der Waals surface area contributed by atoms with Gasteiger partial charge < -0.3 is 10.2 Å². The molecule has 2 aromatic carbocycles. The van der Waals surface area contributed by atoms with Gasteiger partial charge in [0.1, 0.15) is 20.7 Å². The molecule has 2 amide bonds. The fourth-order valence-corrected chi connectivity index (χ4v) is 13.1. The molecule has 0 spiro atoms. The van der Waals surface area contributed by atoms with E-state index in [1.165, 1.54) is 5.56 Å². The first kappa shape index (κ1) is 28.7. The Bertz CT molecular complexity index is 1230. The fraction of sp³-hybridized carbons (Fsp3) is 0.484. The van der Waals surface area contributed by atoms with Crippen LogP contribution in [0.3, 0.4) is 0 Å². The fourth-order valence-electron chi connectivity index (χ4n) is 6.78. The minimum atomic E-state index is -1.95. The predicted octanol–water partition coefficient (Wildman–Crippen LogP) is 5.14. The van der Waals surface area contributed by atoms with Crippen molar-refractivity contribution in [1.29, 1.82) is 0 Å². The zero-order valence-corrected chi connectivity index (χ0v) is 25.2. The van der Waals surface area contributed by atoms with Crippen molar-refractivity contribution >= 4 is 25.2 Å². The van der Waals surface area contributed by atoms with Crippen molar-refractivity contribution < 1.29 is 9.59 Å². The van der Waals surface area contributed by atoms with Crippen molar-refractivity contribution in [3.63, 3.8) is 0 Å². The second-order valence-corrected chi connectivity index (χ2v) is 17.6. The van der Waals surface area contributed by atoms with Crippen LogP contribution in [0.4, 0.5) is 0 Å². The number of hydrogen-bond donors (Lipinski definition) is 1. The van der Waals surface area contributed by atoms with Crippen LogP contribution < -0.4 is 10.6 Å². The van der Waals surface area contributed by atoms with E-state index in [4.69, 9.17) is 0 Å². The molecule has 0 radical (unpaired) electrons. The second-order valence-electron chi connectivity index (χ2n) is 11.7. The molecule has 0 bridgehead atoms. The van der Waals surface area contributed by atoms with Crippen LogP contribution in [-0.2, 0) is 22.7 Å². The van der Waals surface area contributed by atoms with Crippen molar-refractivity contribution in [3.8, 4) is 11.1 Å². The third-order valence-corrected chi connectivity index (χ3v) is 15.4. The van der Waals surface area contributed by atoms with E-state index in [-0.39, 0.29) is 18.4 Å². The number of nitrogens with zero attached hydrogens (tertiary/aromatic N) is 4. The Balaban J connectivity index is 1.37. The summed E-state index contributed by atoms with van der Waals surface area (Å²) in [6.07, 6.45) is 3.49. The third-order valence-electron chi connectivity index (χ3n) is 8.55. The van der Waals surface area contributed by atoms with E-state index < -0.39 is 14.1 Å². The SMILES string of the molecule is CC(C)[Si](c1cn(CC(=O)N2CCC[C@H]2C(=O)NCc2ccc(-c3ccccc3)cc2)nn1)(C(C)C)C(C)C. The van der Waals surface area contributed by atoms with Crippen LogP contribution >= 0.6 is 0 Å². The first-order valence-corrected chi connectivity index (χ1v) is 16.5. The molecule has 1 fully saturated rings. The van der Waals surface area contributed by atoms with Gasteiger partial charge in [-0.2, -0.15) is 0 Å². The average molecular weight is 546 g/mol. The van der Waals surface area contributed by atoms with Crippen LogP contribution in [0, 0.1) is 0 Å². The standard InChI is InChI=1S/C31H43N5O2Si/c1-22(2)39(23(3)4,24(5)6)29-20-35(34-33-29)21-30(37)36-18-10-13-28(36)31(38)32-19-25-14-16-27(17-15-25)26-11-8-7-9-12-26/h7-9,11-12,14-17,20,22-24,28H,10,13,18-19,21H2,1-6H3,(H,32,38)/t28-/m0/s1. The highest BCUT2D eigenvalue weighted by molar-refractivity contribution is 6.94. The molecule has 8 heteroatoms. The number of hydrogen-bond acceptors (Lipinski definition) is 4. The second kappa shape index (κ2) is 12.3. The number of benzene rings is 2. The Morgan fingerprint density at radius 2 is 1.54 bits per heavy atom. The van der Waals surface area contributed by atoms with Crippen molar-refractivity contribution in [2.45, 2.75) is 90.1 Å². The van der Waals surface area contributed by atoms with Gasteiger partial charge in [0, 0.05) is 19.3 Å². The third kappa shape index (κ3) is 6.00. The molecule has 3 aromatic rings. The average Bonchev–Trinajstić information content (AvgIpc) is 3.58. The molecule has 0 unspecified atom stereocenters. The molecule has 1 N–H and O–H groups in total. The summed E-state index contributed by atoms with van der Waals surface area (Å²) >= 11 is 0. The van der Waals surface area contributed by atoms with E-state index >= 15 is 0 Å². The maximum Gasteiger partial charge on any atom is 0.245 e. The molecule has 1 atom stereocenters. The van der Waals surface area contributed by atoms with Crippen LogP contribution in [0.25, 0.3) is 11.1 Å². The smallest absolute Gasteiger partial charge is 0.245 e. The van der Waals surface area contributed by atoms with Gasteiger partial charge in [-0.05, 0) is 46.2 Å². The zero-order valence-electron chi connectivity index (χ0n) is 24.2. The molecule has 0 aliphatic carbocycles. The van der Waals surface area contributed by atoms with Crippen molar-refractivity contribution in [2.24, 2.45) is 0 Å². The topological polar surface area (TPSA) is 80.1 Å². The van der Waals surface area contributed by atoms with Crippen molar-refractivity contribution in [2.75, 3.05) is 6.54 Å². The van der Waals surface area contributed by atoms with E-state index in [2.05, 4.69) is 81.4 Å². The Morgan fingerprint density at radius 3 is 2.15 bits per heavy atom. The molecule has 4 rings (SSSR count). The Hall–Kier alpha value is -3.26. The number of likely N-dealkylation sites (tertiary alicyclic amines) is 1. The van der Waals surface area contributed by atoms with Crippen LogP contribution in [0.1, 0.15) is 59.9 Å². The zero-order chi connectivity index (χ0) is 28.2. The number of aromatic nitrogens is 3. The summed E-state index contributed by atoms with van der Waals surface area (Å²) in [7, 11) is -1.95. The summed E-state index contributed by atoms with van der Waals surface area (Å²) in [4.78, 5) is 28.1. The summed E-state index contributed by atoms with van der Waals surface area (Å²) in [6, 6.07) is 18.0. The van der Waals surface area contributed by atoms with Gasteiger partial charge in [0.05, 0.1) is 5.32 Å². The first-order chi connectivity index (χ1) is 18.6. The number of nitrogens with one attached hydrogen (secondary N) is 1. The molecule has 0 saturated carbocycles. The monoisotopic (exact) mass is 545 g/mol. The lowest BCUT2D eigenvalue weighted by molar-refractivity contribution is -0.139. The lowest BCUT2D eigenvalue weighted by Gasteiger charge is -2.41. The van der Waals surface area contributed by atoms with E-state index in [1.807, 2.05) is 36.5 Å². The van der Waals surface area contributed by atoms with Gasteiger partial charge in [-0.25, -0.2) is 4.68 Å². The largest absolute Gasteiger partial charge is 0.350 e. The lowest BCUT2D eigenvalue weighted by Crippen LogP contribution is -2.56. The molecule has 1 aliphatic rings. The Morgan fingerprint density at radius 1 is 0.923 bits per heavy atom. The van der Waals surface area contributed by atoms with Crippen LogP contribution in [0.2, 0.25) is 16.6 Å². The maximum atomic E-state index is 13.3. The summed E-state index contributed by atoms with van der Waals surface area (Å²) in [6.45, 7) is 14.9. The lowest BCUT2D eigenvalue weighted by atomic mass is 10.0. The highest BCUT2D eigenvalue weighted by Crippen LogP contribution is 2.40. The van der Waals surface area contributed by atoms with Gasteiger partial charge in [-0.1, -0.05) is 101 Å². The molecule has 39 heavy (non-hydrogen) atoms. The normalized spacial score (nSPS) is 15.9. The molecule has 1 saturated heterocycles. The molecular formula is C31H43N5O2Si. The van der Waals surface area contributed by atoms with Gasteiger partial charge in [0.15, 0.2) is 0 Å². The molecule has 1 aliphatic heterocycles. The van der Waals surface area contributed by atoms with Gasteiger partial charge >= 0.3 is 0 Å². The van der Waals surface area contributed by atoms with Gasteiger partial charge in [-0.3, -0.25) is 9.59 Å². The number of carbonyl (C=O) groups is 2. The molecule has 208 valence electrons. The van der Waals surface area contributed by atoms with Gasteiger partial charge in [0.25, 0.3) is 0 Å². The molecule has 1 aromatic heterocycles. The number of amides is 2. The summed E-state index contributed by atoms with van der Waals surface area (Å²) in [5.41, 5.74) is 4.88. The quantitative estimate of drug-likeness (QED) is 0.358. The number of rotatable bonds is 10. The Labute approximate surface area is 234 Å². The molecular weight excluding hydrogens is 502 g/mol. The van der Waals surface area contributed by atoms with Crippen molar-refractivity contribution in [3.05, 3.63) is 66.4 Å². The van der Waals surface area contributed by atoms with Crippen molar-refractivity contribution in [1.82, 2.24) is 25.2 Å². The Kier molecular flexibility index (Phi) is 9.05. The van der Waals surface area contributed by atoms with Crippen LogP contribution in [0.15, 0.2) is 60.8 Å². The molecule has 7 nitrogen and oxygen atoms in total. The summed E-state index contributed by atoms with van der Waals surface area (Å²) in [5, 5.41) is 13.1. The van der Waals surface area contributed by atoms with E-state index in [0.29, 0.717) is 36.1 Å². The number of carbonyl (C=O) groups excluding carboxylic acids is 2. The molecule has 2 heterocycles. The van der Waals surface area contributed by atoms with Gasteiger partial charge in [-0.15, -0.1) is 5.10 Å². The van der Waals surface area contributed by atoms with Crippen LogP contribution in [-0.4, -0.2) is 52.4 Å². The minimum Gasteiger partial charge on any atom is -0.350 e. The maximum absolute atomic E-state index is 13.3. The summed E-state index contributed by atoms with van der Waals surface area (Å²) in [5.74, 6) is -0.180. The van der Waals surface area contributed by atoms with Crippen LogP contribution in [0.5, 0.6) is 0 Å². The van der Waals surface area contributed by atoms with E-state index in [1.54, 1.807) is 9.58 Å². The first-order valence-electron chi connectivity index (χ1n) is 14.3. The predicted molar refractivity (Wildman–Crippen MR) is 159 cm³/mol. The highest BCUT2D eigenvalue weighted by Gasteiger charge is 2.47.